The van der Waals surface area contributed by atoms with Crippen LogP contribution in [0.1, 0.15) is 40.5 Å². The van der Waals surface area contributed by atoms with Gasteiger partial charge < -0.3 is 9.88 Å². The van der Waals surface area contributed by atoms with Gasteiger partial charge in [0.05, 0.1) is 10.9 Å². The molecule has 0 saturated carbocycles. The molecule has 3 aromatic heterocycles. The molecular weight excluding hydrogens is 390 g/mol. The number of nitrogens with one attached hydrogen (secondary N) is 2. The Hall–Kier alpha value is -3.61. The Bertz CT molecular complexity index is 1420. The third-order valence-corrected chi connectivity index (χ3v) is 6.20. The number of aromatic nitrogens is 4. The number of nitrogens with zero attached hydrogens (tertiary/aromatic N) is 3. The molecule has 31 heavy (non-hydrogen) atoms. The summed E-state index contributed by atoms with van der Waals surface area (Å²) in [5.74, 6) is -0.130. The molecule has 1 aromatic carbocycles. The van der Waals surface area contributed by atoms with E-state index in [4.69, 9.17) is 0 Å². The summed E-state index contributed by atoms with van der Waals surface area (Å²) in [4.78, 5) is 35.4. The number of carbonyl (C=O) groups excluding carboxylic acids is 1. The molecular formula is C24H25N5O2. The van der Waals surface area contributed by atoms with Crippen LogP contribution in [-0.2, 0) is 13.5 Å². The Morgan fingerprint density at radius 3 is 2.87 bits per heavy atom. The van der Waals surface area contributed by atoms with Crippen molar-refractivity contribution in [1.82, 2.24) is 24.6 Å². The second-order valence-electron chi connectivity index (χ2n) is 8.14. The van der Waals surface area contributed by atoms with Crippen LogP contribution >= 0.6 is 0 Å². The van der Waals surface area contributed by atoms with Gasteiger partial charge in [-0.1, -0.05) is 31.2 Å². The smallest absolute Gasteiger partial charge is 0.274 e. The summed E-state index contributed by atoms with van der Waals surface area (Å²) in [6.07, 6.45) is 5.96. The molecule has 2 N–H and O–H groups in total. The van der Waals surface area contributed by atoms with Gasteiger partial charge in [0.2, 0.25) is 0 Å². The molecule has 0 saturated heterocycles. The minimum absolute atomic E-state index is 0.130. The lowest BCUT2D eigenvalue weighted by atomic mass is 9.97. The van der Waals surface area contributed by atoms with E-state index in [0.717, 1.165) is 12.8 Å². The molecule has 5 rings (SSSR count). The lowest BCUT2D eigenvalue weighted by Crippen LogP contribution is -2.35. The van der Waals surface area contributed by atoms with Crippen LogP contribution in [0.5, 0.6) is 0 Å². The van der Waals surface area contributed by atoms with Crippen molar-refractivity contribution in [2.45, 2.75) is 26.7 Å². The second kappa shape index (κ2) is 7.27. The Kier molecular flexibility index (Phi) is 4.54. The van der Waals surface area contributed by atoms with E-state index in [0.29, 0.717) is 35.4 Å². The fourth-order valence-corrected chi connectivity index (χ4v) is 4.60. The number of pyridine rings is 1. The number of H-pyrrole nitrogens is 2. The van der Waals surface area contributed by atoms with Crippen LogP contribution in [0.2, 0.25) is 0 Å². The third-order valence-electron chi connectivity index (χ3n) is 6.20. The van der Waals surface area contributed by atoms with Crippen LogP contribution in [0.15, 0.2) is 41.3 Å². The average molecular weight is 415 g/mol. The predicted octanol–water partition coefficient (Wildman–Crippen LogP) is 3.54. The molecule has 4 heterocycles. The number of aryl methyl sites for hydroxylation is 3. The van der Waals surface area contributed by atoms with Crippen molar-refractivity contribution in [1.29, 1.82) is 0 Å². The maximum Gasteiger partial charge on any atom is 0.274 e. The fourth-order valence-electron chi connectivity index (χ4n) is 4.60. The van der Waals surface area contributed by atoms with Crippen LogP contribution in [-0.4, -0.2) is 43.6 Å². The Morgan fingerprint density at radius 1 is 1.29 bits per heavy atom. The Morgan fingerprint density at radius 2 is 2.13 bits per heavy atom. The number of amides is 1. The molecule has 4 aromatic rings. The molecule has 0 aliphatic carbocycles. The van der Waals surface area contributed by atoms with Gasteiger partial charge in [0.15, 0.2) is 5.65 Å². The maximum absolute atomic E-state index is 13.3. The van der Waals surface area contributed by atoms with Gasteiger partial charge in [-0.2, -0.15) is 0 Å². The topological polar surface area (TPSA) is 86.8 Å². The number of carbonyl (C=O) groups is 1. The number of hydrogen-bond donors (Lipinski definition) is 2. The first-order chi connectivity index (χ1) is 15.0. The summed E-state index contributed by atoms with van der Waals surface area (Å²) in [6.45, 7) is 5.12. The van der Waals surface area contributed by atoms with Crippen LogP contribution in [0, 0.1) is 6.92 Å². The predicted molar refractivity (Wildman–Crippen MR) is 122 cm³/mol. The Balaban J connectivity index is 1.47. The van der Waals surface area contributed by atoms with E-state index in [1.54, 1.807) is 22.7 Å². The van der Waals surface area contributed by atoms with Crippen molar-refractivity contribution in [2.75, 3.05) is 13.1 Å². The molecule has 1 aliphatic rings. The standard InChI is InChI=1S/C24H25N5O2/c1-4-15-6-5-7-17-19(13-25-21(15)17)16-8-10-29(11-9-16)24(31)18-12-14(2)26-22-20(18)23(30)27-28(22)3/h5-8,12-13,25H,4,9-11H2,1-3H3,(H,27,30). The molecule has 1 amide bonds. The summed E-state index contributed by atoms with van der Waals surface area (Å²) < 4.78 is 1.57. The largest absolute Gasteiger partial charge is 0.360 e. The highest BCUT2D eigenvalue weighted by Crippen LogP contribution is 2.31. The van der Waals surface area contributed by atoms with Crippen molar-refractivity contribution in [3.05, 3.63) is 69.3 Å². The highest BCUT2D eigenvalue weighted by Gasteiger charge is 2.25. The van der Waals surface area contributed by atoms with E-state index in [1.807, 2.05) is 6.92 Å². The van der Waals surface area contributed by atoms with Gasteiger partial charge in [-0.3, -0.25) is 19.4 Å². The van der Waals surface area contributed by atoms with E-state index in [-0.39, 0.29) is 11.5 Å². The summed E-state index contributed by atoms with van der Waals surface area (Å²) in [6, 6.07) is 8.12. The average Bonchev–Trinajstić information content (AvgIpc) is 3.33. The number of rotatable bonds is 3. The van der Waals surface area contributed by atoms with Gasteiger partial charge in [0.1, 0.15) is 0 Å². The molecule has 0 radical (unpaired) electrons. The summed E-state index contributed by atoms with van der Waals surface area (Å²) in [5, 5.41) is 4.29. The van der Waals surface area contributed by atoms with Crippen LogP contribution < -0.4 is 5.56 Å². The number of aromatic amines is 2. The quantitative estimate of drug-likeness (QED) is 0.537. The zero-order valence-corrected chi connectivity index (χ0v) is 18.0. The van der Waals surface area contributed by atoms with Crippen molar-refractivity contribution in [2.24, 2.45) is 7.05 Å². The minimum Gasteiger partial charge on any atom is -0.360 e. The normalized spacial score (nSPS) is 14.4. The molecule has 7 nitrogen and oxygen atoms in total. The van der Waals surface area contributed by atoms with E-state index < -0.39 is 0 Å². The lowest BCUT2D eigenvalue weighted by Gasteiger charge is -2.27. The monoisotopic (exact) mass is 415 g/mol. The second-order valence-corrected chi connectivity index (χ2v) is 8.14. The van der Waals surface area contributed by atoms with Crippen molar-refractivity contribution in [3.8, 4) is 0 Å². The minimum atomic E-state index is -0.285. The molecule has 0 spiro atoms. The Labute approximate surface area is 179 Å². The van der Waals surface area contributed by atoms with E-state index >= 15 is 0 Å². The van der Waals surface area contributed by atoms with Gasteiger partial charge in [-0.15, -0.1) is 0 Å². The first-order valence-corrected chi connectivity index (χ1v) is 10.6. The summed E-state index contributed by atoms with van der Waals surface area (Å²) in [7, 11) is 1.73. The fraction of sp³-hybridized carbons (Fsp3) is 0.292. The van der Waals surface area contributed by atoms with Gasteiger partial charge in [0, 0.05) is 48.5 Å². The molecule has 1 aliphatic heterocycles. The number of para-hydroxylation sites is 1. The zero-order valence-electron chi connectivity index (χ0n) is 18.0. The van der Waals surface area contributed by atoms with E-state index in [9.17, 15) is 9.59 Å². The van der Waals surface area contributed by atoms with Gasteiger partial charge >= 0.3 is 0 Å². The number of hydrogen-bond acceptors (Lipinski definition) is 3. The highest BCUT2D eigenvalue weighted by molar-refractivity contribution is 6.06. The first kappa shape index (κ1) is 19.4. The third kappa shape index (κ3) is 3.08. The van der Waals surface area contributed by atoms with Gasteiger partial charge in [-0.05, 0) is 37.0 Å². The van der Waals surface area contributed by atoms with E-state index in [1.165, 1.54) is 27.6 Å². The molecule has 0 bridgehead atoms. The molecule has 158 valence electrons. The van der Waals surface area contributed by atoms with Crippen LogP contribution in [0.4, 0.5) is 0 Å². The summed E-state index contributed by atoms with van der Waals surface area (Å²) in [5.41, 5.74) is 6.31. The van der Waals surface area contributed by atoms with Crippen molar-refractivity contribution in [3.63, 3.8) is 0 Å². The number of fused-ring (bicyclic) bond motifs is 2. The molecule has 0 fully saturated rings. The van der Waals surface area contributed by atoms with Crippen molar-refractivity contribution < 1.29 is 4.79 Å². The van der Waals surface area contributed by atoms with Crippen LogP contribution in [0.25, 0.3) is 27.5 Å². The molecule has 0 unspecified atom stereocenters. The lowest BCUT2D eigenvalue weighted by molar-refractivity contribution is 0.0774. The van der Waals surface area contributed by atoms with E-state index in [2.05, 4.69) is 52.5 Å². The van der Waals surface area contributed by atoms with Gasteiger partial charge in [0.25, 0.3) is 11.5 Å². The molecule has 7 heteroatoms. The zero-order chi connectivity index (χ0) is 21.7. The maximum atomic E-state index is 13.3. The summed E-state index contributed by atoms with van der Waals surface area (Å²) >= 11 is 0. The number of benzene rings is 1. The SMILES string of the molecule is CCc1cccc2c(C3=CCN(C(=O)c4cc(C)nc5c4c(=O)[nH]n5C)CC3)c[nH]c12. The molecule has 0 atom stereocenters. The van der Waals surface area contributed by atoms with Crippen LogP contribution in [0.3, 0.4) is 0 Å². The van der Waals surface area contributed by atoms with Crippen molar-refractivity contribution >= 4 is 33.4 Å². The first-order valence-electron chi connectivity index (χ1n) is 10.6. The highest BCUT2D eigenvalue weighted by atomic mass is 16.2. The van der Waals surface area contributed by atoms with Gasteiger partial charge in [-0.25, -0.2) is 4.98 Å².